The van der Waals surface area contributed by atoms with Gasteiger partial charge in [-0.05, 0) is 36.4 Å². The Labute approximate surface area is 115 Å². The van der Waals surface area contributed by atoms with Crippen molar-refractivity contribution in [3.63, 3.8) is 0 Å². The molecule has 0 heterocycles. The molecule has 6 heteroatoms. The van der Waals surface area contributed by atoms with Crippen molar-refractivity contribution in [1.82, 2.24) is 0 Å². The summed E-state index contributed by atoms with van der Waals surface area (Å²) in [4.78, 5) is 22.4. The maximum atomic E-state index is 12.7. The van der Waals surface area contributed by atoms with Crippen molar-refractivity contribution in [2.75, 3.05) is 23.9 Å². The predicted octanol–water partition coefficient (Wildman–Crippen LogP) is 2.45. The Morgan fingerprint density at radius 2 is 2.00 bits per heavy atom. The molecule has 0 aliphatic carbocycles. The standard InChI is InChI=1S/C13H16FNO3S/c1-18-13(17)3-2-8-19-9-12(16)15-11-6-4-10(14)5-7-11/h4-7H,2-3,8-9H2,1H3,(H,15,16). The van der Waals surface area contributed by atoms with Gasteiger partial charge in [0.2, 0.25) is 5.91 Å². The Hall–Kier alpha value is -1.56. The lowest BCUT2D eigenvalue weighted by molar-refractivity contribution is -0.140. The van der Waals surface area contributed by atoms with Gasteiger partial charge in [-0.25, -0.2) is 4.39 Å². The van der Waals surface area contributed by atoms with E-state index in [0.717, 1.165) is 0 Å². The molecule has 1 N–H and O–H groups in total. The zero-order valence-electron chi connectivity index (χ0n) is 10.6. The minimum absolute atomic E-state index is 0.144. The molecule has 0 aliphatic heterocycles. The third-order valence-corrected chi connectivity index (χ3v) is 3.30. The number of methoxy groups -OCH3 is 1. The Bertz CT molecular complexity index is 422. The number of esters is 1. The second-order valence-electron chi connectivity index (χ2n) is 3.79. The van der Waals surface area contributed by atoms with Crippen LogP contribution in [0.2, 0.25) is 0 Å². The van der Waals surface area contributed by atoms with Crippen molar-refractivity contribution in [2.45, 2.75) is 12.8 Å². The first-order valence-corrected chi connectivity index (χ1v) is 6.97. The monoisotopic (exact) mass is 285 g/mol. The molecule has 1 rings (SSSR count). The van der Waals surface area contributed by atoms with Crippen LogP contribution in [0.5, 0.6) is 0 Å². The van der Waals surface area contributed by atoms with Crippen molar-refractivity contribution in [3.05, 3.63) is 30.1 Å². The van der Waals surface area contributed by atoms with E-state index in [1.807, 2.05) is 0 Å². The van der Waals surface area contributed by atoms with Gasteiger partial charge in [-0.1, -0.05) is 0 Å². The second kappa shape index (κ2) is 8.53. The molecule has 4 nitrogen and oxygen atoms in total. The molecule has 0 aliphatic rings. The Kier molecular flexibility index (Phi) is 6.95. The van der Waals surface area contributed by atoms with E-state index in [0.29, 0.717) is 30.0 Å². The number of hydrogen-bond donors (Lipinski definition) is 1. The molecule has 0 saturated carbocycles. The average Bonchev–Trinajstić information content (AvgIpc) is 2.40. The maximum Gasteiger partial charge on any atom is 0.305 e. The highest BCUT2D eigenvalue weighted by Crippen LogP contribution is 2.10. The van der Waals surface area contributed by atoms with E-state index in [9.17, 15) is 14.0 Å². The minimum atomic E-state index is -0.338. The molecule has 0 fully saturated rings. The van der Waals surface area contributed by atoms with Crippen molar-refractivity contribution in [3.8, 4) is 0 Å². The van der Waals surface area contributed by atoms with E-state index in [2.05, 4.69) is 10.1 Å². The van der Waals surface area contributed by atoms with Gasteiger partial charge in [0, 0.05) is 12.1 Å². The van der Waals surface area contributed by atoms with Gasteiger partial charge in [0.15, 0.2) is 0 Å². The summed E-state index contributed by atoms with van der Waals surface area (Å²) in [5.41, 5.74) is 0.571. The largest absolute Gasteiger partial charge is 0.469 e. The summed E-state index contributed by atoms with van der Waals surface area (Å²) in [6.45, 7) is 0. The van der Waals surface area contributed by atoms with Crippen molar-refractivity contribution in [1.29, 1.82) is 0 Å². The van der Waals surface area contributed by atoms with Crippen molar-refractivity contribution in [2.24, 2.45) is 0 Å². The van der Waals surface area contributed by atoms with Crippen molar-refractivity contribution < 1.29 is 18.7 Å². The van der Waals surface area contributed by atoms with Crippen LogP contribution in [0.3, 0.4) is 0 Å². The predicted molar refractivity (Wildman–Crippen MR) is 73.6 cm³/mol. The molecule has 0 spiro atoms. The smallest absolute Gasteiger partial charge is 0.305 e. The lowest BCUT2D eigenvalue weighted by Crippen LogP contribution is -2.14. The summed E-state index contributed by atoms with van der Waals surface area (Å²) in [6.07, 6.45) is 1.05. The molecule has 0 unspecified atom stereocenters. The van der Waals surface area contributed by atoms with Gasteiger partial charge in [0.25, 0.3) is 0 Å². The number of halogens is 1. The highest BCUT2D eigenvalue weighted by atomic mass is 32.2. The number of benzene rings is 1. The van der Waals surface area contributed by atoms with Crippen LogP contribution in [-0.4, -0.2) is 30.5 Å². The SMILES string of the molecule is COC(=O)CCCSCC(=O)Nc1ccc(F)cc1. The topological polar surface area (TPSA) is 55.4 Å². The van der Waals surface area contributed by atoms with E-state index < -0.39 is 0 Å². The Balaban J connectivity index is 2.14. The Morgan fingerprint density at radius 1 is 1.32 bits per heavy atom. The van der Waals surface area contributed by atoms with Crippen LogP contribution in [0.15, 0.2) is 24.3 Å². The van der Waals surface area contributed by atoms with Gasteiger partial charge in [0.05, 0.1) is 12.9 Å². The Morgan fingerprint density at radius 3 is 2.63 bits per heavy atom. The summed E-state index contributed by atoms with van der Waals surface area (Å²) >= 11 is 1.44. The van der Waals surface area contributed by atoms with E-state index in [-0.39, 0.29) is 17.7 Å². The molecule has 104 valence electrons. The fourth-order valence-electron chi connectivity index (χ4n) is 1.32. The zero-order chi connectivity index (χ0) is 14.1. The van der Waals surface area contributed by atoms with Gasteiger partial charge >= 0.3 is 5.97 Å². The second-order valence-corrected chi connectivity index (χ2v) is 4.89. The number of thioether (sulfide) groups is 1. The van der Waals surface area contributed by atoms with E-state index in [4.69, 9.17) is 0 Å². The molecule has 1 aromatic carbocycles. The number of hydrogen-bond acceptors (Lipinski definition) is 4. The molecule has 0 aromatic heterocycles. The molecule has 1 aromatic rings. The lowest BCUT2D eigenvalue weighted by atomic mass is 10.3. The van der Waals surface area contributed by atoms with Crippen LogP contribution in [0.25, 0.3) is 0 Å². The van der Waals surface area contributed by atoms with Gasteiger partial charge in [-0.15, -0.1) is 0 Å². The summed E-state index contributed by atoms with van der Waals surface area (Å²) in [5.74, 6) is 0.297. The normalized spacial score (nSPS) is 10.0. The number of amides is 1. The number of carbonyl (C=O) groups is 2. The molecular weight excluding hydrogens is 269 g/mol. The number of rotatable bonds is 7. The van der Waals surface area contributed by atoms with Gasteiger partial charge in [-0.3, -0.25) is 9.59 Å². The number of anilines is 1. The first kappa shape index (κ1) is 15.5. The van der Waals surface area contributed by atoms with Crippen LogP contribution in [0.1, 0.15) is 12.8 Å². The molecule has 0 radical (unpaired) electrons. The fraction of sp³-hybridized carbons (Fsp3) is 0.385. The summed E-state index contributed by atoms with van der Waals surface area (Å²) in [5, 5.41) is 2.66. The first-order valence-electron chi connectivity index (χ1n) is 5.82. The quantitative estimate of drug-likeness (QED) is 0.617. The molecule has 1 amide bonds. The zero-order valence-corrected chi connectivity index (χ0v) is 11.5. The third kappa shape index (κ3) is 6.81. The van der Waals surface area contributed by atoms with Crippen LogP contribution >= 0.6 is 11.8 Å². The molecule has 0 bridgehead atoms. The first-order chi connectivity index (χ1) is 9.11. The van der Waals surface area contributed by atoms with Gasteiger partial charge in [0.1, 0.15) is 5.82 Å². The van der Waals surface area contributed by atoms with E-state index >= 15 is 0 Å². The highest BCUT2D eigenvalue weighted by Gasteiger charge is 2.04. The van der Waals surface area contributed by atoms with Gasteiger partial charge < -0.3 is 10.1 Å². The van der Waals surface area contributed by atoms with Crippen LogP contribution in [-0.2, 0) is 14.3 Å². The average molecular weight is 285 g/mol. The number of carbonyl (C=O) groups excluding carboxylic acids is 2. The molecule has 19 heavy (non-hydrogen) atoms. The number of nitrogens with one attached hydrogen (secondary N) is 1. The van der Waals surface area contributed by atoms with Crippen LogP contribution in [0.4, 0.5) is 10.1 Å². The van der Waals surface area contributed by atoms with Crippen LogP contribution < -0.4 is 5.32 Å². The minimum Gasteiger partial charge on any atom is -0.469 e. The molecule has 0 atom stereocenters. The van der Waals surface area contributed by atoms with Crippen molar-refractivity contribution >= 4 is 29.3 Å². The molecule has 0 saturated heterocycles. The lowest BCUT2D eigenvalue weighted by Gasteiger charge is -2.05. The molecular formula is C13H16FNO3S. The highest BCUT2D eigenvalue weighted by molar-refractivity contribution is 7.99. The van der Waals surface area contributed by atoms with E-state index in [1.54, 1.807) is 0 Å². The van der Waals surface area contributed by atoms with Crippen LogP contribution in [0, 0.1) is 5.82 Å². The maximum absolute atomic E-state index is 12.7. The number of ether oxygens (including phenoxy) is 1. The van der Waals surface area contributed by atoms with E-state index in [1.165, 1.54) is 43.1 Å². The third-order valence-electron chi connectivity index (χ3n) is 2.26. The van der Waals surface area contributed by atoms with Gasteiger partial charge in [-0.2, -0.15) is 11.8 Å². The summed E-state index contributed by atoms with van der Waals surface area (Å²) < 4.78 is 17.2. The summed E-state index contributed by atoms with van der Waals surface area (Å²) in [7, 11) is 1.35. The summed E-state index contributed by atoms with van der Waals surface area (Å²) in [6, 6.07) is 5.60. The fourth-order valence-corrected chi connectivity index (χ4v) is 2.07.